The number of fused-ring (bicyclic) bond motifs is 3. The molecule has 0 bridgehead atoms. The maximum Gasteiger partial charge on any atom is 0.387 e. The van der Waals surface area contributed by atoms with Crippen molar-refractivity contribution in [2.45, 2.75) is 56.7 Å². The van der Waals surface area contributed by atoms with Crippen LogP contribution in [0.4, 0.5) is 26.0 Å². The van der Waals surface area contributed by atoms with Crippen molar-refractivity contribution >= 4 is 28.2 Å². The lowest BCUT2D eigenvalue weighted by Crippen LogP contribution is -2.45. The fraction of sp³-hybridized carbons (Fsp3) is 0.393. The first-order valence-corrected chi connectivity index (χ1v) is 14.1. The SMILES string of the molecule is Cc1ccc(Cc2cc(N)c(N(C)N)c(OC(F)F)c2)cc1CN1CC2CCCCN2c2ncccc2S1=O. The minimum Gasteiger partial charge on any atom is -0.432 e. The Morgan fingerprint density at radius 3 is 2.79 bits per heavy atom. The van der Waals surface area contributed by atoms with Crippen LogP contribution in [0.3, 0.4) is 0 Å². The first-order chi connectivity index (χ1) is 18.7. The van der Waals surface area contributed by atoms with E-state index in [-0.39, 0.29) is 23.2 Å². The third-order valence-electron chi connectivity index (χ3n) is 7.39. The van der Waals surface area contributed by atoms with E-state index in [9.17, 15) is 13.0 Å². The topological polar surface area (TPSA) is 101 Å². The van der Waals surface area contributed by atoms with E-state index in [2.05, 4.69) is 16.0 Å². The third-order valence-corrected chi connectivity index (χ3v) is 8.83. The third kappa shape index (κ3) is 5.85. The maximum atomic E-state index is 13.8. The number of hydrogen-bond acceptors (Lipinski definition) is 7. The molecule has 2 aromatic carbocycles. The molecule has 2 aliphatic heterocycles. The van der Waals surface area contributed by atoms with Crippen molar-refractivity contribution in [1.82, 2.24) is 9.29 Å². The Morgan fingerprint density at radius 2 is 2.03 bits per heavy atom. The Hall–Kier alpha value is -3.28. The van der Waals surface area contributed by atoms with Crippen molar-refractivity contribution in [3.63, 3.8) is 0 Å². The highest BCUT2D eigenvalue weighted by Gasteiger charge is 2.34. The number of nitrogen functional groups attached to an aromatic ring is 1. The van der Waals surface area contributed by atoms with Crippen LogP contribution in [0.1, 0.15) is 41.5 Å². The Labute approximate surface area is 230 Å². The minimum absolute atomic E-state index is 0.0680. The van der Waals surface area contributed by atoms with E-state index in [1.165, 1.54) is 12.1 Å². The lowest BCUT2D eigenvalue weighted by molar-refractivity contribution is -0.0494. The van der Waals surface area contributed by atoms with Crippen LogP contribution < -0.4 is 26.2 Å². The Morgan fingerprint density at radius 1 is 1.21 bits per heavy atom. The average molecular weight is 557 g/mol. The lowest BCUT2D eigenvalue weighted by atomic mass is 9.98. The quantitative estimate of drug-likeness (QED) is 0.253. The summed E-state index contributed by atoms with van der Waals surface area (Å²) in [6.07, 6.45) is 5.53. The summed E-state index contributed by atoms with van der Waals surface area (Å²) in [5, 5.41) is 1.17. The zero-order valence-corrected chi connectivity index (χ0v) is 23.0. The molecule has 208 valence electrons. The first kappa shape index (κ1) is 27.3. The summed E-state index contributed by atoms with van der Waals surface area (Å²) in [5.41, 5.74) is 10.5. The second kappa shape index (κ2) is 11.4. The Kier molecular flexibility index (Phi) is 8.01. The van der Waals surface area contributed by atoms with Gasteiger partial charge in [-0.2, -0.15) is 8.78 Å². The highest BCUT2D eigenvalue weighted by atomic mass is 32.2. The predicted octanol–water partition coefficient (Wildman–Crippen LogP) is 4.37. The summed E-state index contributed by atoms with van der Waals surface area (Å²) >= 11 is 0. The van der Waals surface area contributed by atoms with Crippen LogP contribution in [-0.4, -0.2) is 46.3 Å². The molecule has 0 amide bonds. The number of piperidine rings is 1. The maximum absolute atomic E-state index is 13.8. The van der Waals surface area contributed by atoms with Crippen LogP contribution in [0.5, 0.6) is 5.75 Å². The number of anilines is 3. The second-order valence-electron chi connectivity index (χ2n) is 10.2. The molecule has 0 spiro atoms. The molecule has 2 unspecified atom stereocenters. The van der Waals surface area contributed by atoms with Gasteiger partial charge in [0.2, 0.25) is 0 Å². The number of hydrazine groups is 1. The molecule has 0 saturated carbocycles. The van der Waals surface area contributed by atoms with E-state index in [1.807, 2.05) is 35.5 Å². The molecule has 11 heteroatoms. The van der Waals surface area contributed by atoms with Crippen molar-refractivity contribution in [3.8, 4) is 5.75 Å². The fourth-order valence-electron chi connectivity index (χ4n) is 5.55. The van der Waals surface area contributed by atoms with E-state index in [0.29, 0.717) is 19.5 Å². The molecular formula is C28H34F2N6O2S. The van der Waals surface area contributed by atoms with Crippen molar-refractivity contribution in [3.05, 3.63) is 70.9 Å². The second-order valence-corrected chi connectivity index (χ2v) is 11.7. The number of aromatic nitrogens is 1. The number of ether oxygens (including phenoxy) is 1. The van der Waals surface area contributed by atoms with E-state index in [0.717, 1.165) is 58.8 Å². The van der Waals surface area contributed by atoms with Gasteiger partial charge in [-0.15, -0.1) is 0 Å². The number of pyridine rings is 1. The molecule has 8 nitrogen and oxygen atoms in total. The van der Waals surface area contributed by atoms with Gasteiger partial charge in [-0.3, -0.25) is 0 Å². The molecule has 4 N–H and O–H groups in total. The van der Waals surface area contributed by atoms with Crippen molar-refractivity contribution < 1.29 is 17.7 Å². The summed E-state index contributed by atoms with van der Waals surface area (Å²) < 4.78 is 46.7. The fourth-order valence-corrected chi connectivity index (χ4v) is 6.92. The highest BCUT2D eigenvalue weighted by Crippen LogP contribution is 2.37. The van der Waals surface area contributed by atoms with E-state index >= 15 is 0 Å². The summed E-state index contributed by atoms with van der Waals surface area (Å²) in [6, 6.07) is 13.4. The van der Waals surface area contributed by atoms with Crippen LogP contribution in [0.2, 0.25) is 0 Å². The summed E-state index contributed by atoms with van der Waals surface area (Å²) in [7, 11) is 0.167. The predicted molar refractivity (Wildman–Crippen MR) is 150 cm³/mol. The smallest absolute Gasteiger partial charge is 0.387 e. The molecule has 2 aliphatic rings. The molecular weight excluding hydrogens is 522 g/mol. The number of benzene rings is 2. The number of halogens is 2. The Balaban J connectivity index is 1.42. The van der Waals surface area contributed by atoms with Gasteiger partial charge in [-0.1, -0.05) is 18.2 Å². The van der Waals surface area contributed by atoms with Gasteiger partial charge in [-0.25, -0.2) is 19.3 Å². The van der Waals surface area contributed by atoms with E-state index in [1.54, 1.807) is 18.3 Å². The molecule has 0 aliphatic carbocycles. The molecule has 1 saturated heterocycles. The monoisotopic (exact) mass is 556 g/mol. The molecule has 39 heavy (non-hydrogen) atoms. The molecule has 2 atom stereocenters. The minimum atomic E-state index is -3.00. The summed E-state index contributed by atoms with van der Waals surface area (Å²) in [6.45, 7) is 1.17. The highest BCUT2D eigenvalue weighted by molar-refractivity contribution is 7.82. The van der Waals surface area contributed by atoms with Crippen LogP contribution in [-0.2, 0) is 24.0 Å². The first-order valence-electron chi connectivity index (χ1n) is 13.0. The van der Waals surface area contributed by atoms with Gasteiger partial charge in [0.05, 0.1) is 10.6 Å². The molecule has 0 radical (unpaired) electrons. The number of rotatable bonds is 7. The number of hydrogen-bond donors (Lipinski definition) is 2. The van der Waals surface area contributed by atoms with E-state index in [4.69, 9.17) is 16.3 Å². The standard InChI is InChI=1S/C28H34F2N6O2S/c1-18-8-9-19(12-20-14-23(31)26(34(2)32)24(15-20)38-28(29)30)13-21(18)16-35-17-22-6-3-4-11-36(22)27-25(39(35)37)7-5-10-33-27/h5,7-10,13-15,22,28H,3-4,6,11-12,16-17,31-32H2,1-2H3. The van der Waals surface area contributed by atoms with Crippen LogP contribution in [0.25, 0.3) is 0 Å². The Bertz CT molecular complexity index is 1370. The van der Waals surface area contributed by atoms with Gasteiger partial charge < -0.3 is 20.4 Å². The number of aryl methyl sites for hydroxylation is 1. The molecule has 1 aromatic heterocycles. The van der Waals surface area contributed by atoms with Gasteiger partial charge in [0.1, 0.15) is 22.5 Å². The number of alkyl halides is 2. The van der Waals surface area contributed by atoms with E-state index < -0.39 is 17.6 Å². The molecule has 3 aromatic rings. The molecule has 5 rings (SSSR count). The average Bonchev–Trinajstić information content (AvgIpc) is 3.00. The van der Waals surface area contributed by atoms with Gasteiger partial charge in [0.25, 0.3) is 0 Å². The van der Waals surface area contributed by atoms with Gasteiger partial charge in [0, 0.05) is 38.9 Å². The normalized spacial score (nSPS) is 19.4. The molecule has 3 heterocycles. The summed E-state index contributed by atoms with van der Waals surface area (Å²) in [5.74, 6) is 6.57. The van der Waals surface area contributed by atoms with Crippen molar-refractivity contribution in [2.75, 3.05) is 35.8 Å². The van der Waals surface area contributed by atoms with Crippen molar-refractivity contribution in [2.24, 2.45) is 5.84 Å². The van der Waals surface area contributed by atoms with Crippen LogP contribution in [0.15, 0.2) is 53.6 Å². The van der Waals surface area contributed by atoms with Gasteiger partial charge in [-0.05, 0) is 79.1 Å². The number of nitrogens with zero attached hydrogens (tertiary/aromatic N) is 4. The number of nitrogens with two attached hydrogens (primary N) is 2. The lowest BCUT2D eigenvalue weighted by Gasteiger charge is -2.36. The summed E-state index contributed by atoms with van der Waals surface area (Å²) in [4.78, 5) is 7.69. The zero-order valence-electron chi connectivity index (χ0n) is 22.1. The largest absolute Gasteiger partial charge is 0.432 e. The molecule has 1 fully saturated rings. The van der Waals surface area contributed by atoms with Gasteiger partial charge >= 0.3 is 6.61 Å². The van der Waals surface area contributed by atoms with Gasteiger partial charge in [0.15, 0.2) is 5.75 Å². The zero-order chi connectivity index (χ0) is 27.7. The van der Waals surface area contributed by atoms with Crippen LogP contribution >= 0.6 is 0 Å². The van der Waals surface area contributed by atoms with Crippen LogP contribution in [0, 0.1) is 6.92 Å². The van der Waals surface area contributed by atoms with Crippen molar-refractivity contribution in [1.29, 1.82) is 0 Å².